The Kier molecular flexibility index (Phi) is 3.84. The van der Waals surface area contributed by atoms with Crippen molar-refractivity contribution < 1.29 is 4.79 Å². The molecule has 2 heterocycles. The zero-order valence-corrected chi connectivity index (χ0v) is 10.1. The van der Waals surface area contributed by atoms with Gasteiger partial charge in [-0.15, -0.1) is 5.10 Å². The van der Waals surface area contributed by atoms with Gasteiger partial charge < -0.3 is 10.6 Å². The van der Waals surface area contributed by atoms with E-state index in [1.54, 1.807) is 0 Å². The molecular formula is C10H16N4OS. The minimum Gasteiger partial charge on any atom is -0.347 e. The van der Waals surface area contributed by atoms with E-state index in [0.717, 1.165) is 38.0 Å². The summed E-state index contributed by atoms with van der Waals surface area (Å²) >= 11 is 1.18. The number of hydrogen-bond acceptors (Lipinski definition) is 5. The van der Waals surface area contributed by atoms with Crippen molar-refractivity contribution in [2.24, 2.45) is 0 Å². The summed E-state index contributed by atoms with van der Waals surface area (Å²) in [4.78, 5) is 12.6. The average molecular weight is 240 g/mol. The Morgan fingerprint density at radius 1 is 1.69 bits per heavy atom. The summed E-state index contributed by atoms with van der Waals surface area (Å²) < 4.78 is 3.82. The molecule has 2 N–H and O–H groups in total. The van der Waals surface area contributed by atoms with E-state index in [-0.39, 0.29) is 11.9 Å². The first kappa shape index (κ1) is 11.5. The molecule has 6 heteroatoms. The van der Waals surface area contributed by atoms with Crippen LogP contribution < -0.4 is 10.6 Å². The molecule has 2 rings (SSSR count). The molecule has 1 atom stereocenters. The summed E-state index contributed by atoms with van der Waals surface area (Å²) in [5.74, 6) is -0.0273. The zero-order chi connectivity index (χ0) is 11.4. The molecule has 1 aliphatic heterocycles. The number of carbonyl (C=O) groups is 1. The average Bonchev–Trinajstić information content (AvgIpc) is 2.78. The van der Waals surface area contributed by atoms with Crippen LogP contribution in [0.1, 0.15) is 35.1 Å². The summed E-state index contributed by atoms with van der Waals surface area (Å²) in [6, 6.07) is 0.244. The molecule has 0 saturated carbocycles. The molecule has 88 valence electrons. The van der Waals surface area contributed by atoms with Crippen molar-refractivity contribution in [3.05, 3.63) is 10.6 Å². The lowest BCUT2D eigenvalue weighted by Crippen LogP contribution is -2.45. The lowest BCUT2D eigenvalue weighted by atomic mass is 10.1. The van der Waals surface area contributed by atoms with Gasteiger partial charge in [0.05, 0.1) is 5.69 Å². The number of piperidine rings is 1. The second kappa shape index (κ2) is 5.36. The van der Waals surface area contributed by atoms with E-state index in [9.17, 15) is 4.79 Å². The first-order valence-electron chi connectivity index (χ1n) is 5.64. The van der Waals surface area contributed by atoms with Gasteiger partial charge in [0.2, 0.25) is 0 Å². The number of carbonyl (C=O) groups excluding carboxylic acids is 1. The van der Waals surface area contributed by atoms with Crippen molar-refractivity contribution in [2.75, 3.05) is 13.1 Å². The van der Waals surface area contributed by atoms with E-state index in [1.807, 2.05) is 6.92 Å². The molecule has 1 aromatic rings. The van der Waals surface area contributed by atoms with Crippen molar-refractivity contribution in [1.29, 1.82) is 0 Å². The molecule has 0 aliphatic carbocycles. The Morgan fingerprint density at radius 3 is 3.25 bits per heavy atom. The van der Waals surface area contributed by atoms with Crippen LogP contribution in [0.2, 0.25) is 0 Å². The standard InChI is InChI=1S/C10H16N4OS/c1-2-8-9(16-14-13-8)10(15)12-7-4-3-5-11-6-7/h7,11H,2-6H2,1H3,(H,12,15)/t7-/m0/s1. The van der Waals surface area contributed by atoms with E-state index >= 15 is 0 Å². The fraction of sp³-hybridized carbons (Fsp3) is 0.700. The van der Waals surface area contributed by atoms with Crippen molar-refractivity contribution in [1.82, 2.24) is 20.2 Å². The van der Waals surface area contributed by atoms with Crippen LogP contribution in [0.4, 0.5) is 0 Å². The number of hydrogen-bond donors (Lipinski definition) is 2. The first-order chi connectivity index (χ1) is 7.81. The maximum atomic E-state index is 11.9. The fourth-order valence-corrected chi connectivity index (χ4v) is 2.49. The van der Waals surface area contributed by atoms with Crippen LogP contribution in [0, 0.1) is 0 Å². The van der Waals surface area contributed by atoms with Gasteiger partial charge in [0, 0.05) is 12.6 Å². The number of aryl methyl sites for hydroxylation is 1. The lowest BCUT2D eigenvalue weighted by Gasteiger charge is -2.23. The molecule has 0 radical (unpaired) electrons. The SMILES string of the molecule is CCc1nnsc1C(=O)N[C@H]1CCCNC1. The molecule has 5 nitrogen and oxygen atoms in total. The summed E-state index contributed by atoms with van der Waals surface area (Å²) in [6.07, 6.45) is 2.92. The van der Waals surface area contributed by atoms with Gasteiger partial charge in [-0.1, -0.05) is 11.4 Å². The van der Waals surface area contributed by atoms with Gasteiger partial charge in [-0.2, -0.15) is 0 Å². The van der Waals surface area contributed by atoms with Crippen LogP contribution in [0.15, 0.2) is 0 Å². The Hall–Kier alpha value is -1.01. The second-order valence-corrected chi connectivity index (χ2v) is 4.67. The molecule has 1 fully saturated rings. The predicted molar refractivity (Wildman–Crippen MR) is 62.6 cm³/mol. The smallest absolute Gasteiger partial charge is 0.265 e. The van der Waals surface area contributed by atoms with Crippen LogP contribution in [0.5, 0.6) is 0 Å². The van der Waals surface area contributed by atoms with E-state index in [0.29, 0.717) is 4.88 Å². The van der Waals surface area contributed by atoms with Gasteiger partial charge in [-0.3, -0.25) is 4.79 Å². The molecule has 16 heavy (non-hydrogen) atoms. The third-order valence-corrected chi connectivity index (χ3v) is 3.50. The number of rotatable bonds is 3. The largest absolute Gasteiger partial charge is 0.347 e. The third-order valence-electron chi connectivity index (χ3n) is 2.73. The van der Waals surface area contributed by atoms with Crippen LogP contribution in [-0.4, -0.2) is 34.6 Å². The van der Waals surface area contributed by atoms with E-state index in [2.05, 4.69) is 20.2 Å². The summed E-state index contributed by atoms with van der Waals surface area (Å²) in [7, 11) is 0. The van der Waals surface area contributed by atoms with Gasteiger partial charge >= 0.3 is 0 Å². The molecule has 0 bridgehead atoms. The minimum atomic E-state index is -0.0273. The minimum absolute atomic E-state index is 0.0273. The molecule has 1 aromatic heterocycles. The fourth-order valence-electron chi connectivity index (χ4n) is 1.84. The van der Waals surface area contributed by atoms with Crippen molar-refractivity contribution in [3.8, 4) is 0 Å². The van der Waals surface area contributed by atoms with Crippen LogP contribution in [0.3, 0.4) is 0 Å². The Bertz CT molecular complexity index is 359. The number of aromatic nitrogens is 2. The molecule has 0 unspecified atom stereocenters. The maximum Gasteiger partial charge on any atom is 0.265 e. The van der Waals surface area contributed by atoms with E-state index in [1.165, 1.54) is 11.5 Å². The topological polar surface area (TPSA) is 66.9 Å². The summed E-state index contributed by atoms with van der Waals surface area (Å²) in [5.41, 5.74) is 0.797. The van der Waals surface area contributed by atoms with Gasteiger partial charge in [0.25, 0.3) is 5.91 Å². The van der Waals surface area contributed by atoms with Crippen molar-refractivity contribution in [3.63, 3.8) is 0 Å². The number of nitrogens with one attached hydrogen (secondary N) is 2. The monoisotopic (exact) mass is 240 g/mol. The van der Waals surface area contributed by atoms with Gasteiger partial charge in [-0.05, 0) is 37.3 Å². The molecule has 1 aliphatic rings. The highest BCUT2D eigenvalue weighted by Crippen LogP contribution is 2.12. The highest BCUT2D eigenvalue weighted by molar-refractivity contribution is 7.08. The zero-order valence-electron chi connectivity index (χ0n) is 9.32. The molecule has 0 aromatic carbocycles. The van der Waals surface area contributed by atoms with Crippen LogP contribution >= 0.6 is 11.5 Å². The Labute approximate surface area is 98.8 Å². The summed E-state index contributed by atoms with van der Waals surface area (Å²) in [6.45, 7) is 3.89. The van der Waals surface area contributed by atoms with Crippen molar-refractivity contribution >= 4 is 17.4 Å². The van der Waals surface area contributed by atoms with Crippen LogP contribution in [0.25, 0.3) is 0 Å². The van der Waals surface area contributed by atoms with Gasteiger partial charge in [-0.25, -0.2) is 0 Å². The number of amides is 1. The first-order valence-corrected chi connectivity index (χ1v) is 6.41. The van der Waals surface area contributed by atoms with Crippen molar-refractivity contribution in [2.45, 2.75) is 32.2 Å². The van der Waals surface area contributed by atoms with Gasteiger partial charge in [0.15, 0.2) is 0 Å². The van der Waals surface area contributed by atoms with E-state index < -0.39 is 0 Å². The lowest BCUT2D eigenvalue weighted by molar-refractivity contribution is 0.0933. The second-order valence-electron chi connectivity index (χ2n) is 3.92. The highest BCUT2D eigenvalue weighted by Gasteiger charge is 2.20. The normalized spacial score (nSPS) is 20.7. The Balaban J connectivity index is 1.96. The Morgan fingerprint density at radius 2 is 2.56 bits per heavy atom. The molecule has 1 saturated heterocycles. The maximum absolute atomic E-state index is 11.9. The molecular weight excluding hydrogens is 224 g/mol. The number of nitrogens with zero attached hydrogens (tertiary/aromatic N) is 2. The molecule has 0 spiro atoms. The van der Waals surface area contributed by atoms with Crippen LogP contribution in [-0.2, 0) is 6.42 Å². The van der Waals surface area contributed by atoms with Gasteiger partial charge in [0.1, 0.15) is 4.88 Å². The third kappa shape index (κ3) is 2.56. The highest BCUT2D eigenvalue weighted by atomic mass is 32.1. The van der Waals surface area contributed by atoms with E-state index in [4.69, 9.17) is 0 Å². The molecule has 1 amide bonds. The quantitative estimate of drug-likeness (QED) is 0.811. The predicted octanol–water partition coefficient (Wildman–Crippen LogP) is 0.582. The summed E-state index contributed by atoms with van der Waals surface area (Å²) in [5, 5.41) is 10.2.